The number of esters is 1. The van der Waals surface area contributed by atoms with Crippen LogP contribution in [0.5, 0.6) is 5.75 Å². The van der Waals surface area contributed by atoms with Gasteiger partial charge in [-0.15, -0.1) is 0 Å². The van der Waals surface area contributed by atoms with Crippen molar-refractivity contribution in [2.24, 2.45) is 0 Å². The molecule has 0 radical (unpaired) electrons. The van der Waals surface area contributed by atoms with Gasteiger partial charge in [-0.05, 0) is 39.3 Å². The number of nitro benzene ring substituents is 1. The maximum atomic E-state index is 11.5. The van der Waals surface area contributed by atoms with Gasteiger partial charge in [0.15, 0.2) is 0 Å². The Labute approximate surface area is 117 Å². The molecular weight excluding hydrogens is 262 g/mol. The van der Waals surface area contributed by atoms with Crippen LogP contribution in [0, 0.1) is 17.0 Å². The number of non-ortho nitro benzene ring substituents is 1. The summed E-state index contributed by atoms with van der Waals surface area (Å²) >= 11 is 0. The van der Waals surface area contributed by atoms with Crippen LogP contribution in [0.3, 0.4) is 0 Å². The number of hydrogen-bond acceptors (Lipinski definition) is 5. The fourth-order valence-corrected chi connectivity index (χ4v) is 1.55. The van der Waals surface area contributed by atoms with Crippen molar-refractivity contribution in [2.75, 3.05) is 6.61 Å². The van der Waals surface area contributed by atoms with Crippen molar-refractivity contribution in [3.63, 3.8) is 0 Å². The highest BCUT2D eigenvalue weighted by atomic mass is 16.6. The fourth-order valence-electron chi connectivity index (χ4n) is 1.55. The van der Waals surface area contributed by atoms with E-state index >= 15 is 0 Å². The van der Waals surface area contributed by atoms with Gasteiger partial charge in [-0.3, -0.25) is 14.9 Å². The number of nitrogens with zero attached hydrogens (tertiary/aromatic N) is 1. The SMILES string of the molecule is Cc1cc([N+](=O)[O-])ccc1OCCC(=O)OC(C)(C)C. The molecule has 0 N–H and O–H groups in total. The smallest absolute Gasteiger partial charge is 0.309 e. The Morgan fingerprint density at radius 1 is 1.35 bits per heavy atom. The lowest BCUT2D eigenvalue weighted by Gasteiger charge is -2.19. The molecule has 0 amide bonds. The first-order valence-corrected chi connectivity index (χ1v) is 6.29. The predicted octanol–water partition coefficient (Wildman–Crippen LogP) is 3.01. The van der Waals surface area contributed by atoms with Gasteiger partial charge in [0.2, 0.25) is 0 Å². The average Bonchev–Trinajstić information content (AvgIpc) is 2.28. The Morgan fingerprint density at radius 2 is 2.00 bits per heavy atom. The van der Waals surface area contributed by atoms with E-state index in [0.29, 0.717) is 11.3 Å². The Morgan fingerprint density at radius 3 is 2.50 bits per heavy atom. The molecule has 6 heteroatoms. The van der Waals surface area contributed by atoms with E-state index in [1.807, 2.05) is 0 Å². The molecule has 0 fully saturated rings. The van der Waals surface area contributed by atoms with E-state index in [0.717, 1.165) is 0 Å². The zero-order valence-electron chi connectivity index (χ0n) is 12.1. The van der Waals surface area contributed by atoms with Gasteiger partial charge in [-0.1, -0.05) is 0 Å². The van der Waals surface area contributed by atoms with E-state index in [4.69, 9.17) is 9.47 Å². The highest BCUT2D eigenvalue weighted by molar-refractivity contribution is 5.70. The van der Waals surface area contributed by atoms with Crippen molar-refractivity contribution in [1.82, 2.24) is 0 Å². The summed E-state index contributed by atoms with van der Waals surface area (Å²) in [6, 6.07) is 4.33. The van der Waals surface area contributed by atoms with Gasteiger partial charge in [-0.2, -0.15) is 0 Å². The topological polar surface area (TPSA) is 78.7 Å². The van der Waals surface area contributed by atoms with E-state index in [9.17, 15) is 14.9 Å². The Kier molecular flexibility index (Phi) is 5.07. The number of rotatable bonds is 5. The first kappa shape index (κ1) is 15.9. The largest absolute Gasteiger partial charge is 0.493 e. The summed E-state index contributed by atoms with van der Waals surface area (Å²) in [6.45, 7) is 7.29. The molecule has 1 rings (SSSR count). The molecule has 0 aliphatic carbocycles. The number of benzene rings is 1. The van der Waals surface area contributed by atoms with Crippen molar-refractivity contribution in [1.29, 1.82) is 0 Å². The Bertz CT molecular complexity index is 505. The van der Waals surface area contributed by atoms with Gasteiger partial charge in [0.05, 0.1) is 18.0 Å². The summed E-state index contributed by atoms with van der Waals surface area (Å²) in [4.78, 5) is 21.6. The molecule has 0 saturated heterocycles. The van der Waals surface area contributed by atoms with Crippen LogP contribution in [0.15, 0.2) is 18.2 Å². The van der Waals surface area contributed by atoms with Gasteiger partial charge in [0.25, 0.3) is 5.69 Å². The summed E-state index contributed by atoms with van der Waals surface area (Å²) in [5.74, 6) is 0.191. The molecule has 0 heterocycles. The molecule has 0 spiro atoms. The third-order valence-electron chi connectivity index (χ3n) is 2.35. The first-order chi connectivity index (χ1) is 9.19. The van der Waals surface area contributed by atoms with E-state index < -0.39 is 10.5 Å². The fraction of sp³-hybridized carbons (Fsp3) is 0.500. The molecule has 0 aliphatic heterocycles. The van der Waals surface area contributed by atoms with Crippen LogP contribution >= 0.6 is 0 Å². The van der Waals surface area contributed by atoms with Crippen molar-refractivity contribution >= 4 is 11.7 Å². The normalized spacial score (nSPS) is 11.0. The minimum Gasteiger partial charge on any atom is -0.493 e. The third kappa shape index (κ3) is 5.26. The number of ether oxygens (including phenoxy) is 2. The van der Waals surface area contributed by atoms with Gasteiger partial charge in [-0.25, -0.2) is 0 Å². The highest BCUT2D eigenvalue weighted by Crippen LogP contribution is 2.23. The molecule has 0 aliphatic rings. The lowest BCUT2D eigenvalue weighted by molar-refractivity contribution is -0.384. The van der Waals surface area contributed by atoms with Crippen molar-refractivity contribution < 1.29 is 19.2 Å². The van der Waals surface area contributed by atoms with Gasteiger partial charge in [0.1, 0.15) is 11.4 Å². The van der Waals surface area contributed by atoms with Gasteiger partial charge < -0.3 is 9.47 Å². The van der Waals surface area contributed by atoms with Crippen molar-refractivity contribution in [3.05, 3.63) is 33.9 Å². The highest BCUT2D eigenvalue weighted by Gasteiger charge is 2.16. The zero-order valence-corrected chi connectivity index (χ0v) is 12.1. The molecule has 20 heavy (non-hydrogen) atoms. The molecule has 0 atom stereocenters. The van der Waals surface area contributed by atoms with Crippen molar-refractivity contribution in [2.45, 2.75) is 39.7 Å². The number of hydrogen-bond donors (Lipinski definition) is 0. The quantitative estimate of drug-likeness (QED) is 0.471. The minimum absolute atomic E-state index is 0.0157. The van der Waals surface area contributed by atoms with E-state index in [2.05, 4.69) is 0 Å². The second-order valence-corrected chi connectivity index (χ2v) is 5.39. The summed E-state index contributed by atoms with van der Waals surface area (Å²) in [5, 5.41) is 10.6. The van der Waals surface area contributed by atoms with Crippen molar-refractivity contribution in [3.8, 4) is 5.75 Å². The van der Waals surface area contributed by atoms with Crippen LogP contribution in [0.4, 0.5) is 5.69 Å². The average molecular weight is 281 g/mol. The maximum Gasteiger partial charge on any atom is 0.309 e. The predicted molar refractivity (Wildman–Crippen MR) is 73.8 cm³/mol. The van der Waals surface area contributed by atoms with E-state index in [1.165, 1.54) is 18.2 Å². The minimum atomic E-state index is -0.514. The van der Waals surface area contributed by atoms with Gasteiger partial charge in [0, 0.05) is 12.1 Å². The molecule has 0 saturated carbocycles. The van der Waals surface area contributed by atoms with Crippen LogP contribution in [0.25, 0.3) is 0 Å². The standard InChI is InChI=1S/C14H19NO5/c1-10-9-11(15(17)18)5-6-12(10)19-8-7-13(16)20-14(2,3)4/h5-6,9H,7-8H2,1-4H3. The monoisotopic (exact) mass is 281 g/mol. The van der Waals surface area contributed by atoms with Crippen LogP contribution in [0.2, 0.25) is 0 Å². The molecule has 0 aromatic heterocycles. The molecule has 1 aromatic rings. The van der Waals surface area contributed by atoms with Crippen LogP contribution in [0.1, 0.15) is 32.8 Å². The first-order valence-electron chi connectivity index (χ1n) is 6.29. The van der Waals surface area contributed by atoms with Crippen LogP contribution in [-0.2, 0) is 9.53 Å². The molecule has 0 bridgehead atoms. The maximum absolute atomic E-state index is 11.5. The third-order valence-corrected chi connectivity index (χ3v) is 2.35. The number of aryl methyl sites for hydroxylation is 1. The van der Waals surface area contributed by atoms with Crippen LogP contribution < -0.4 is 4.74 Å². The lowest BCUT2D eigenvalue weighted by Crippen LogP contribution is -2.24. The van der Waals surface area contributed by atoms with E-state index in [1.54, 1.807) is 27.7 Å². The van der Waals surface area contributed by atoms with Gasteiger partial charge >= 0.3 is 5.97 Å². The molecule has 0 unspecified atom stereocenters. The molecular formula is C14H19NO5. The summed E-state index contributed by atoms with van der Waals surface area (Å²) in [7, 11) is 0. The number of nitro groups is 1. The summed E-state index contributed by atoms with van der Waals surface area (Å²) in [5.41, 5.74) is 0.158. The number of carbonyl (C=O) groups is 1. The molecule has 110 valence electrons. The lowest BCUT2D eigenvalue weighted by atomic mass is 10.2. The van der Waals surface area contributed by atoms with E-state index in [-0.39, 0.29) is 24.7 Å². The summed E-state index contributed by atoms with van der Waals surface area (Å²) < 4.78 is 10.6. The van der Waals surface area contributed by atoms with Crippen LogP contribution in [-0.4, -0.2) is 23.1 Å². The molecule has 6 nitrogen and oxygen atoms in total. The second-order valence-electron chi connectivity index (χ2n) is 5.39. The summed E-state index contributed by atoms with van der Waals surface area (Å²) in [6.07, 6.45) is 0.133. The number of carbonyl (C=O) groups excluding carboxylic acids is 1. The second kappa shape index (κ2) is 6.36. The zero-order chi connectivity index (χ0) is 15.3. The molecule has 1 aromatic carbocycles. The Balaban J connectivity index is 2.51. The Hall–Kier alpha value is -2.11.